The molecule has 0 fully saturated rings. The van der Waals surface area contributed by atoms with Crippen molar-refractivity contribution in [2.75, 3.05) is 0 Å². The molecule has 0 bridgehead atoms. The second-order valence-electron chi connectivity index (χ2n) is 2.83. The third-order valence-corrected chi connectivity index (χ3v) is 1.90. The minimum absolute atomic E-state index is 0.244. The number of rotatable bonds is 3. The first-order chi connectivity index (χ1) is 6.79. The van der Waals surface area contributed by atoms with Gasteiger partial charge in [0.15, 0.2) is 5.76 Å². The summed E-state index contributed by atoms with van der Waals surface area (Å²) in [6.45, 7) is 0. The SMILES string of the molecule is NC(C(=O)c1ccco1)c1ccco1. The summed E-state index contributed by atoms with van der Waals surface area (Å²) < 4.78 is 9.97. The molecule has 2 aromatic rings. The number of carbonyl (C=O) groups excluding carboxylic acids is 1. The van der Waals surface area contributed by atoms with Gasteiger partial charge < -0.3 is 14.6 Å². The van der Waals surface area contributed by atoms with Crippen LogP contribution < -0.4 is 5.73 Å². The summed E-state index contributed by atoms with van der Waals surface area (Å²) in [7, 11) is 0. The van der Waals surface area contributed by atoms with Crippen LogP contribution in [-0.2, 0) is 0 Å². The molecule has 0 saturated heterocycles. The van der Waals surface area contributed by atoms with E-state index in [-0.39, 0.29) is 11.5 Å². The van der Waals surface area contributed by atoms with Crippen LogP contribution in [0, 0.1) is 0 Å². The van der Waals surface area contributed by atoms with E-state index in [4.69, 9.17) is 14.6 Å². The summed E-state index contributed by atoms with van der Waals surface area (Å²) in [6.07, 6.45) is 2.91. The Bertz CT molecular complexity index is 403. The van der Waals surface area contributed by atoms with Crippen molar-refractivity contribution in [2.24, 2.45) is 5.73 Å². The minimum Gasteiger partial charge on any atom is -0.467 e. The van der Waals surface area contributed by atoms with E-state index in [1.165, 1.54) is 12.5 Å². The van der Waals surface area contributed by atoms with Gasteiger partial charge in [0.2, 0.25) is 5.78 Å². The summed E-state index contributed by atoms with van der Waals surface area (Å²) in [5.74, 6) is 0.394. The average Bonchev–Trinajstić information content (AvgIpc) is 2.87. The molecule has 2 heterocycles. The molecule has 4 nitrogen and oxygen atoms in total. The fourth-order valence-corrected chi connectivity index (χ4v) is 1.17. The largest absolute Gasteiger partial charge is 0.467 e. The lowest BCUT2D eigenvalue weighted by molar-refractivity contribution is 0.0924. The molecule has 0 aliphatic heterocycles. The van der Waals surface area contributed by atoms with Gasteiger partial charge in [0.1, 0.15) is 11.8 Å². The van der Waals surface area contributed by atoms with Crippen molar-refractivity contribution in [3.05, 3.63) is 48.3 Å². The Hall–Kier alpha value is -1.81. The smallest absolute Gasteiger partial charge is 0.222 e. The summed E-state index contributed by atoms with van der Waals surface area (Å²) in [5, 5.41) is 0. The predicted octanol–water partition coefficient (Wildman–Crippen LogP) is 1.76. The molecule has 0 spiro atoms. The normalized spacial score (nSPS) is 12.6. The monoisotopic (exact) mass is 191 g/mol. The number of furan rings is 2. The zero-order valence-corrected chi connectivity index (χ0v) is 7.34. The van der Waals surface area contributed by atoms with Crippen molar-refractivity contribution < 1.29 is 13.6 Å². The Morgan fingerprint density at radius 1 is 1.21 bits per heavy atom. The van der Waals surface area contributed by atoms with Gasteiger partial charge in [0.05, 0.1) is 12.5 Å². The highest BCUT2D eigenvalue weighted by atomic mass is 16.3. The van der Waals surface area contributed by atoms with Gasteiger partial charge in [-0.05, 0) is 24.3 Å². The molecule has 0 saturated carbocycles. The number of carbonyl (C=O) groups is 1. The fourth-order valence-electron chi connectivity index (χ4n) is 1.17. The number of Topliss-reactive ketones (excluding diaryl/α,β-unsaturated/α-hetero) is 1. The topological polar surface area (TPSA) is 69.4 Å². The van der Waals surface area contributed by atoms with Gasteiger partial charge in [-0.15, -0.1) is 0 Å². The maximum Gasteiger partial charge on any atom is 0.222 e. The Morgan fingerprint density at radius 2 is 1.93 bits per heavy atom. The number of hydrogen-bond donors (Lipinski definition) is 1. The molecule has 1 unspecified atom stereocenters. The first kappa shape index (κ1) is 8.77. The van der Waals surface area contributed by atoms with Gasteiger partial charge in [-0.3, -0.25) is 4.79 Å². The third kappa shape index (κ3) is 1.47. The Balaban J connectivity index is 2.21. The van der Waals surface area contributed by atoms with Crippen LogP contribution in [0.2, 0.25) is 0 Å². The number of hydrogen-bond acceptors (Lipinski definition) is 4. The van der Waals surface area contributed by atoms with Crippen molar-refractivity contribution in [3.8, 4) is 0 Å². The van der Waals surface area contributed by atoms with Crippen molar-refractivity contribution >= 4 is 5.78 Å². The molecule has 0 amide bonds. The van der Waals surface area contributed by atoms with Gasteiger partial charge in [-0.1, -0.05) is 0 Å². The quantitative estimate of drug-likeness (QED) is 0.750. The van der Waals surface area contributed by atoms with Crippen LogP contribution in [0.4, 0.5) is 0 Å². The highest BCUT2D eigenvalue weighted by Gasteiger charge is 2.21. The van der Waals surface area contributed by atoms with Crippen molar-refractivity contribution in [2.45, 2.75) is 6.04 Å². The molecular formula is C10H9NO3. The maximum atomic E-state index is 11.6. The first-order valence-corrected chi connectivity index (χ1v) is 4.16. The summed E-state index contributed by atoms with van der Waals surface area (Å²) in [4.78, 5) is 11.6. The van der Waals surface area contributed by atoms with Gasteiger partial charge in [0.25, 0.3) is 0 Å². The van der Waals surface area contributed by atoms with E-state index in [0.29, 0.717) is 5.76 Å². The lowest BCUT2D eigenvalue weighted by Crippen LogP contribution is -2.20. The summed E-state index contributed by atoms with van der Waals surface area (Å²) >= 11 is 0. The van der Waals surface area contributed by atoms with E-state index in [9.17, 15) is 4.79 Å². The molecule has 4 heteroatoms. The number of ketones is 1. The van der Waals surface area contributed by atoms with Crippen LogP contribution in [0.15, 0.2) is 45.6 Å². The summed E-state index contributed by atoms with van der Waals surface area (Å²) in [5.41, 5.74) is 5.67. The van der Waals surface area contributed by atoms with Gasteiger partial charge in [0, 0.05) is 0 Å². The van der Waals surface area contributed by atoms with E-state index in [2.05, 4.69) is 0 Å². The number of nitrogens with two attached hydrogens (primary N) is 1. The van der Waals surface area contributed by atoms with Crippen LogP contribution in [0.25, 0.3) is 0 Å². The van der Waals surface area contributed by atoms with Crippen molar-refractivity contribution in [1.82, 2.24) is 0 Å². The molecule has 2 rings (SSSR count). The second kappa shape index (κ2) is 3.51. The Kier molecular flexibility index (Phi) is 2.20. The van der Waals surface area contributed by atoms with E-state index >= 15 is 0 Å². The molecule has 2 aromatic heterocycles. The molecule has 0 radical (unpaired) electrons. The first-order valence-electron chi connectivity index (χ1n) is 4.16. The van der Waals surface area contributed by atoms with Crippen LogP contribution in [0.1, 0.15) is 22.4 Å². The second-order valence-corrected chi connectivity index (χ2v) is 2.83. The highest BCUT2D eigenvalue weighted by Crippen LogP contribution is 2.16. The highest BCUT2D eigenvalue weighted by molar-refractivity contribution is 5.97. The van der Waals surface area contributed by atoms with Gasteiger partial charge in [-0.25, -0.2) is 0 Å². The third-order valence-electron chi connectivity index (χ3n) is 1.90. The van der Waals surface area contributed by atoms with Crippen LogP contribution in [-0.4, -0.2) is 5.78 Å². The zero-order valence-electron chi connectivity index (χ0n) is 7.34. The molecule has 0 aromatic carbocycles. The van der Waals surface area contributed by atoms with Gasteiger partial charge in [-0.2, -0.15) is 0 Å². The van der Waals surface area contributed by atoms with Crippen LogP contribution in [0.5, 0.6) is 0 Å². The lowest BCUT2D eigenvalue weighted by atomic mass is 10.1. The molecule has 1 atom stereocenters. The van der Waals surface area contributed by atoms with E-state index in [0.717, 1.165) is 0 Å². The molecule has 14 heavy (non-hydrogen) atoms. The van der Waals surface area contributed by atoms with Crippen LogP contribution in [0.3, 0.4) is 0 Å². The maximum absolute atomic E-state index is 11.6. The standard InChI is InChI=1S/C10H9NO3/c11-9(7-3-1-5-13-7)10(12)8-4-2-6-14-8/h1-6,9H,11H2. The van der Waals surface area contributed by atoms with Crippen molar-refractivity contribution in [3.63, 3.8) is 0 Å². The van der Waals surface area contributed by atoms with Crippen molar-refractivity contribution in [1.29, 1.82) is 0 Å². The molecular weight excluding hydrogens is 182 g/mol. The van der Waals surface area contributed by atoms with Gasteiger partial charge >= 0.3 is 0 Å². The Morgan fingerprint density at radius 3 is 2.50 bits per heavy atom. The van der Waals surface area contributed by atoms with E-state index < -0.39 is 6.04 Å². The average molecular weight is 191 g/mol. The molecule has 0 aliphatic carbocycles. The zero-order chi connectivity index (χ0) is 9.97. The Labute approximate surface area is 80.3 Å². The lowest BCUT2D eigenvalue weighted by Gasteiger charge is -2.04. The van der Waals surface area contributed by atoms with E-state index in [1.54, 1.807) is 24.3 Å². The molecule has 72 valence electrons. The van der Waals surface area contributed by atoms with Crippen LogP contribution >= 0.6 is 0 Å². The minimum atomic E-state index is -0.795. The molecule has 2 N–H and O–H groups in total. The predicted molar refractivity (Wildman–Crippen MR) is 48.7 cm³/mol. The summed E-state index contributed by atoms with van der Waals surface area (Å²) in [6, 6.07) is 5.76. The van der Waals surface area contributed by atoms with E-state index in [1.807, 2.05) is 0 Å². The molecule has 0 aliphatic rings. The fraction of sp³-hybridized carbons (Fsp3) is 0.100.